The molecule has 6 heteroatoms. The van der Waals surface area contributed by atoms with Gasteiger partial charge in [0.05, 0.1) is 6.33 Å². The van der Waals surface area contributed by atoms with Crippen molar-refractivity contribution >= 4 is 9.84 Å². The molecular weight excluding hydrogens is 180 g/mol. The lowest BCUT2D eigenvalue weighted by Crippen LogP contribution is -2.13. The van der Waals surface area contributed by atoms with Crippen LogP contribution in [0.5, 0.6) is 0 Å². The number of hydrogen-bond donors (Lipinski definition) is 2. The molecule has 0 bridgehead atoms. The Kier molecular flexibility index (Phi) is 4.53. The van der Waals surface area contributed by atoms with Crippen LogP contribution in [0.25, 0.3) is 0 Å². The van der Waals surface area contributed by atoms with Crippen LogP contribution in [0, 0.1) is 0 Å². The lowest BCUT2D eigenvalue weighted by atomic mass is 10.9. The maximum atomic E-state index is 10.1. The van der Waals surface area contributed by atoms with Gasteiger partial charge >= 0.3 is 0 Å². The van der Waals surface area contributed by atoms with Gasteiger partial charge in [0.15, 0.2) is 15.3 Å². The van der Waals surface area contributed by atoms with Crippen molar-refractivity contribution in [1.29, 1.82) is 0 Å². The number of sulfone groups is 1. The summed E-state index contributed by atoms with van der Waals surface area (Å²) in [6, 6.07) is 0. The van der Waals surface area contributed by atoms with E-state index in [9.17, 15) is 8.42 Å². The third-order valence-electron chi connectivity index (χ3n) is 1.03. The summed E-state index contributed by atoms with van der Waals surface area (Å²) in [6.07, 6.45) is 6.07. The SMILES string of the molecule is CC(O)S(C)(=O)=O.c1c[nH]cn1. The quantitative estimate of drug-likeness (QED) is 0.644. The summed E-state index contributed by atoms with van der Waals surface area (Å²) < 4.78 is 20.2. The lowest BCUT2D eigenvalue weighted by molar-refractivity contribution is 0.269. The number of imidazole rings is 1. The zero-order valence-corrected chi connectivity index (χ0v) is 7.75. The van der Waals surface area contributed by atoms with E-state index in [1.165, 1.54) is 6.92 Å². The first kappa shape index (κ1) is 11.1. The highest BCUT2D eigenvalue weighted by molar-refractivity contribution is 7.91. The van der Waals surface area contributed by atoms with Gasteiger partial charge in [-0.05, 0) is 6.92 Å². The summed E-state index contributed by atoms with van der Waals surface area (Å²) in [6.45, 7) is 1.22. The molecule has 70 valence electrons. The van der Waals surface area contributed by atoms with Crippen molar-refractivity contribution < 1.29 is 13.5 Å². The van der Waals surface area contributed by atoms with Crippen LogP contribution in [0.1, 0.15) is 6.92 Å². The standard InChI is InChI=1S/C3H4N2.C3H8O3S/c1-2-5-3-4-1;1-3(4)7(2,5)6/h1-3H,(H,4,5);3-4H,1-2H3. The molecule has 0 radical (unpaired) electrons. The molecule has 0 aromatic carbocycles. The third-order valence-corrected chi connectivity index (χ3v) is 2.26. The minimum Gasteiger partial charge on any atom is -0.377 e. The van der Waals surface area contributed by atoms with E-state index in [2.05, 4.69) is 9.97 Å². The van der Waals surface area contributed by atoms with E-state index in [4.69, 9.17) is 5.11 Å². The van der Waals surface area contributed by atoms with Gasteiger partial charge in [-0.1, -0.05) is 0 Å². The fraction of sp³-hybridized carbons (Fsp3) is 0.500. The monoisotopic (exact) mass is 192 g/mol. The Morgan fingerprint density at radius 2 is 2.08 bits per heavy atom. The zero-order valence-electron chi connectivity index (χ0n) is 6.93. The number of aromatic amines is 1. The van der Waals surface area contributed by atoms with Gasteiger partial charge in [0, 0.05) is 18.6 Å². The number of hydrogen-bond acceptors (Lipinski definition) is 4. The normalized spacial score (nSPS) is 12.9. The molecule has 1 rings (SSSR count). The van der Waals surface area contributed by atoms with E-state index in [0.717, 1.165) is 6.26 Å². The number of nitrogens with zero attached hydrogens (tertiary/aromatic N) is 1. The van der Waals surface area contributed by atoms with Gasteiger partial charge in [-0.3, -0.25) is 0 Å². The summed E-state index contributed by atoms with van der Waals surface area (Å²) in [5.41, 5.74) is -1.23. The fourth-order valence-electron chi connectivity index (χ4n) is 0.215. The number of rotatable bonds is 1. The molecule has 12 heavy (non-hydrogen) atoms. The van der Waals surface area contributed by atoms with Crippen LogP contribution in [-0.4, -0.2) is 35.2 Å². The number of aromatic nitrogens is 2. The van der Waals surface area contributed by atoms with Crippen molar-refractivity contribution in [3.8, 4) is 0 Å². The first-order chi connectivity index (χ1) is 5.44. The highest BCUT2D eigenvalue weighted by Crippen LogP contribution is 1.88. The van der Waals surface area contributed by atoms with Crippen LogP contribution < -0.4 is 0 Å². The highest BCUT2D eigenvalue weighted by atomic mass is 32.2. The molecule has 1 heterocycles. The second-order valence-electron chi connectivity index (χ2n) is 2.19. The summed E-state index contributed by atoms with van der Waals surface area (Å²) in [4.78, 5) is 6.42. The van der Waals surface area contributed by atoms with E-state index in [-0.39, 0.29) is 0 Å². The van der Waals surface area contributed by atoms with Crippen LogP contribution in [0.2, 0.25) is 0 Å². The van der Waals surface area contributed by atoms with E-state index >= 15 is 0 Å². The minimum absolute atomic E-state index is 0.984. The van der Waals surface area contributed by atoms with Gasteiger partial charge in [-0.25, -0.2) is 13.4 Å². The molecular formula is C6H12N2O3S. The lowest BCUT2D eigenvalue weighted by Gasteiger charge is -1.95. The summed E-state index contributed by atoms with van der Waals surface area (Å²) >= 11 is 0. The van der Waals surface area contributed by atoms with Crippen LogP contribution in [-0.2, 0) is 9.84 Å². The average Bonchev–Trinajstić information content (AvgIpc) is 2.39. The highest BCUT2D eigenvalue weighted by Gasteiger charge is 2.07. The molecule has 0 aliphatic heterocycles. The average molecular weight is 192 g/mol. The molecule has 0 saturated carbocycles. The van der Waals surface area contributed by atoms with Crippen molar-refractivity contribution in [3.05, 3.63) is 18.7 Å². The zero-order chi connectivity index (χ0) is 9.61. The molecule has 1 unspecified atom stereocenters. The molecule has 2 N–H and O–H groups in total. The molecule has 0 saturated heterocycles. The summed E-state index contributed by atoms with van der Waals surface area (Å²) in [5.74, 6) is 0. The van der Waals surface area contributed by atoms with Crippen LogP contribution in [0.15, 0.2) is 18.7 Å². The Bertz CT molecular complexity index is 261. The number of nitrogens with one attached hydrogen (secondary N) is 1. The number of H-pyrrole nitrogens is 1. The molecule has 0 amide bonds. The van der Waals surface area contributed by atoms with Crippen LogP contribution in [0.3, 0.4) is 0 Å². The second kappa shape index (κ2) is 4.89. The Morgan fingerprint density at radius 1 is 1.58 bits per heavy atom. The smallest absolute Gasteiger partial charge is 0.173 e. The largest absolute Gasteiger partial charge is 0.377 e. The van der Waals surface area contributed by atoms with E-state index in [1.54, 1.807) is 18.7 Å². The summed E-state index contributed by atoms with van der Waals surface area (Å²) in [7, 11) is -3.19. The van der Waals surface area contributed by atoms with Gasteiger partial charge < -0.3 is 10.1 Å². The summed E-state index contributed by atoms with van der Waals surface area (Å²) in [5, 5.41) is 8.30. The maximum absolute atomic E-state index is 10.1. The van der Waals surface area contributed by atoms with E-state index in [0.29, 0.717) is 0 Å². The van der Waals surface area contributed by atoms with Gasteiger partial charge in [-0.2, -0.15) is 0 Å². The van der Waals surface area contributed by atoms with Crippen LogP contribution in [0.4, 0.5) is 0 Å². The molecule has 0 aliphatic rings. The molecule has 0 aliphatic carbocycles. The van der Waals surface area contributed by atoms with Gasteiger partial charge in [0.25, 0.3) is 0 Å². The number of aliphatic hydroxyl groups is 1. The van der Waals surface area contributed by atoms with Crippen molar-refractivity contribution in [2.75, 3.05) is 6.26 Å². The molecule has 0 spiro atoms. The second-order valence-corrected chi connectivity index (χ2v) is 4.53. The topological polar surface area (TPSA) is 83.0 Å². The molecule has 0 fully saturated rings. The van der Waals surface area contributed by atoms with Crippen molar-refractivity contribution in [1.82, 2.24) is 9.97 Å². The Hall–Kier alpha value is -0.880. The fourth-order valence-corrected chi connectivity index (χ4v) is 0.215. The number of aliphatic hydroxyl groups excluding tert-OH is 1. The maximum Gasteiger partial charge on any atom is 0.173 e. The first-order valence-electron chi connectivity index (χ1n) is 3.24. The molecule has 1 aromatic heterocycles. The van der Waals surface area contributed by atoms with Crippen LogP contribution >= 0.6 is 0 Å². The van der Waals surface area contributed by atoms with Crippen molar-refractivity contribution in [3.63, 3.8) is 0 Å². The predicted octanol–water partition coefficient (Wildman–Crippen LogP) is -0.221. The van der Waals surface area contributed by atoms with E-state index < -0.39 is 15.3 Å². The van der Waals surface area contributed by atoms with Gasteiger partial charge in [0.1, 0.15) is 0 Å². The van der Waals surface area contributed by atoms with E-state index in [1.807, 2.05) is 0 Å². The Morgan fingerprint density at radius 3 is 2.17 bits per heavy atom. The Labute approximate surface area is 71.4 Å². The van der Waals surface area contributed by atoms with Gasteiger partial charge in [0.2, 0.25) is 0 Å². The Balaban J connectivity index is 0.000000211. The molecule has 5 nitrogen and oxygen atoms in total. The minimum atomic E-state index is -3.19. The third kappa shape index (κ3) is 5.87. The van der Waals surface area contributed by atoms with Gasteiger partial charge in [-0.15, -0.1) is 0 Å². The predicted molar refractivity (Wildman–Crippen MR) is 45.1 cm³/mol. The van der Waals surface area contributed by atoms with Crippen molar-refractivity contribution in [2.24, 2.45) is 0 Å². The molecule has 1 atom stereocenters. The van der Waals surface area contributed by atoms with Crippen molar-refractivity contribution in [2.45, 2.75) is 12.4 Å². The molecule has 1 aromatic rings. The first-order valence-corrected chi connectivity index (χ1v) is 5.19.